The van der Waals surface area contributed by atoms with Gasteiger partial charge in [-0.1, -0.05) is 24.3 Å². The molecule has 6 heteroatoms. The highest BCUT2D eigenvalue weighted by molar-refractivity contribution is 6.53. The van der Waals surface area contributed by atoms with Crippen LogP contribution in [0.4, 0.5) is 5.69 Å². The van der Waals surface area contributed by atoms with Gasteiger partial charge >= 0.3 is 0 Å². The molecule has 23 heavy (non-hydrogen) atoms. The third kappa shape index (κ3) is 2.78. The van der Waals surface area contributed by atoms with Crippen LogP contribution in [0.5, 0.6) is 11.5 Å². The molecule has 0 radical (unpaired) electrons. The summed E-state index contributed by atoms with van der Waals surface area (Å²) in [7, 11) is 3.13. The standard InChI is InChI=1S/C17H15N3O3/c1-22-14-9-5-6-11(16(14)23-2)10-18-20-15-12-7-3-4-8-13(12)19-17(15)21/h3-10H,1-2H3,(H,19,20,21)/b18-10-. The lowest BCUT2D eigenvalue weighted by Crippen LogP contribution is -2.13. The Hall–Kier alpha value is -3.15. The number of methoxy groups -OCH3 is 2. The molecule has 0 spiro atoms. The Balaban J connectivity index is 1.92. The summed E-state index contributed by atoms with van der Waals surface area (Å²) in [4.78, 5) is 11.9. The monoisotopic (exact) mass is 309 g/mol. The molecule has 0 saturated heterocycles. The van der Waals surface area contributed by atoms with Crippen molar-refractivity contribution in [1.29, 1.82) is 0 Å². The van der Waals surface area contributed by atoms with Crippen molar-refractivity contribution in [2.75, 3.05) is 19.5 Å². The van der Waals surface area contributed by atoms with Crippen molar-refractivity contribution in [3.63, 3.8) is 0 Å². The molecule has 1 aliphatic heterocycles. The maximum atomic E-state index is 11.9. The number of carbonyl (C=O) groups is 1. The number of nitrogens with zero attached hydrogens (tertiary/aromatic N) is 2. The number of rotatable bonds is 4. The number of ether oxygens (including phenoxy) is 2. The van der Waals surface area contributed by atoms with Crippen LogP contribution in [0.25, 0.3) is 0 Å². The van der Waals surface area contributed by atoms with E-state index in [1.807, 2.05) is 36.4 Å². The highest BCUT2D eigenvalue weighted by atomic mass is 16.5. The molecule has 3 rings (SSSR count). The molecular weight excluding hydrogens is 294 g/mol. The maximum absolute atomic E-state index is 11.9. The average Bonchev–Trinajstić information content (AvgIpc) is 2.90. The van der Waals surface area contributed by atoms with Gasteiger partial charge in [0.2, 0.25) is 0 Å². The topological polar surface area (TPSA) is 72.3 Å². The minimum absolute atomic E-state index is 0.263. The van der Waals surface area contributed by atoms with Crippen LogP contribution in [0.1, 0.15) is 11.1 Å². The SMILES string of the molecule is COc1cccc(/C=N\N=C2\C(=O)Nc3ccccc32)c1OC. The van der Waals surface area contributed by atoms with E-state index in [2.05, 4.69) is 15.5 Å². The van der Waals surface area contributed by atoms with Gasteiger partial charge in [0, 0.05) is 11.1 Å². The quantitative estimate of drug-likeness (QED) is 0.696. The largest absolute Gasteiger partial charge is 0.493 e. The second-order valence-electron chi connectivity index (χ2n) is 4.78. The van der Waals surface area contributed by atoms with E-state index in [9.17, 15) is 4.79 Å². The predicted octanol–water partition coefficient (Wildman–Crippen LogP) is 2.48. The first-order valence-electron chi connectivity index (χ1n) is 6.97. The van der Waals surface area contributed by atoms with E-state index in [-0.39, 0.29) is 5.91 Å². The molecule has 1 aliphatic rings. The zero-order valence-electron chi connectivity index (χ0n) is 12.7. The first kappa shape index (κ1) is 14.8. The zero-order valence-corrected chi connectivity index (χ0v) is 12.7. The van der Waals surface area contributed by atoms with E-state index in [1.165, 1.54) is 6.21 Å². The molecule has 0 fully saturated rings. The van der Waals surface area contributed by atoms with Crippen molar-refractivity contribution in [3.8, 4) is 11.5 Å². The van der Waals surface area contributed by atoms with Crippen LogP contribution < -0.4 is 14.8 Å². The van der Waals surface area contributed by atoms with Crippen molar-refractivity contribution in [2.45, 2.75) is 0 Å². The number of nitrogens with one attached hydrogen (secondary N) is 1. The lowest BCUT2D eigenvalue weighted by Gasteiger charge is -2.08. The number of para-hydroxylation sites is 2. The van der Waals surface area contributed by atoms with Gasteiger partial charge in [0.15, 0.2) is 17.2 Å². The van der Waals surface area contributed by atoms with Crippen LogP contribution in [-0.4, -0.2) is 32.1 Å². The number of fused-ring (bicyclic) bond motifs is 1. The van der Waals surface area contributed by atoms with Crippen LogP contribution >= 0.6 is 0 Å². The fourth-order valence-corrected chi connectivity index (χ4v) is 2.36. The van der Waals surface area contributed by atoms with Gasteiger partial charge in [-0.25, -0.2) is 0 Å². The zero-order chi connectivity index (χ0) is 16.2. The van der Waals surface area contributed by atoms with Gasteiger partial charge in [-0.15, -0.1) is 5.10 Å². The second kappa shape index (κ2) is 6.31. The Bertz CT molecular complexity index is 812. The Labute approximate surface area is 133 Å². The van der Waals surface area contributed by atoms with Gasteiger partial charge in [0.25, 0.3) is 5.91 Å². The molecule has 1 N–H and O–H groups in total. The van der Waals surface area contributed by atoms with Crippen LogP contribution in [0.3, 0.4) is 0 Å². The van der Waals surface area contributed by atoms with Gasteiger partial charge in [-0.2, -0.15) is 5.10 Å². The average molecular weight is 309 g/mol. The second-order valence-corrected chi connectivity index (χ2v) is 4.78. The van der Waals surface area contributed by atoms with E-state index >= 15 is 0 Å². The number of hydrogen-bond acceptors (Lipinski definition) is 5. The molecule has 1 amide bonds. The molecule has 0 saturated carbocycles. The molecule has 0 aliphatic carbocycles. The van der Waals surface area contributed by atoms with E-state index in [1.54, 1.807) is 20.3 Å². The number of carbonyl (C=O) groups excluding carboxylic acids is 1. The summed E-state index contributed by atoms with van der Waals surface area (Å²) < 4.78 is 10.6. The fraction of sp³-hybridized carbons (Fsp3) is 0.118. The van der Waals surface area contributed by atoms with Crippen LogP contribution in [0, 0.1) is 0 Å². The molecular formula is C17H15N3O3. The van der Waals surface area contributed by atoms with Gasteiger partial charge in [-0.3, -0.25) is 4.79 Å². The minimum Gasteiger partial charge on any atom is -0.493 e. The molecule has 2 aromatic carbocycles. The number of amides is 1. The first-order chi connectivity index (χ1) is 11.2. The molecule has 0 unspecified atom stereocenters. The number of hydrogen-bond donors (Lipinski definition) is 1. The van der Waals surface area contributed by atoms with E-state index in [4.69, 9.17) is 9.47 Å². The van der Waals surface area contributed by atoms with E-state index in [0.29, 0.717) is 22.8 Å². The Morgan fingerprint density at radius 3 is 2.65 bits per heavy atom. The summed E-state index contributed by atoms with van der Waals surface area (Å²) in [6.45, 7) is 0. The van der Waals surface area contributed by atoms with Crippen LogP contribution in [0.15, 0.2) is 52.7 Å². The summed E-state index contributed by atoms with van der Waals surface area (Å²) in [5.41, 5.74) is 2.49. The first-order valence-corrected chi connectivity index (χ1v) is 6.97. The Morgan fingerprint density at radius 1 is 1.04 bits per heavy atom. The maximum Gasteiger partial charge on any atom is 0.276 e. The number of benzene rings is 2. The van der Waals surface area contributed by atoms with Crippen LogP contribution in [-0.2, 0) is 4.79 Å². The molecule has 116 valence electrons. The molecule has 6 nitrogen and oxygen atoms in total. The summed E-state index contributed by atoms with van der Waals surface area (Å²) in [6, 6.07) is 12.8. The van der Waals surface area contributed by atoms with Gasteiger partial charge in [-0.05, 0) is 18.2 Å². The van der Waals surface area contributed by atoms with Gasteiger partial charge in [0.05, 0.1) is 26.1 Å². The third-order valence-electron chi connectivity index (χ3n) is 3.43. The number of anilines is 1. The molecule has 0 bridgehead atoms. The van der Waals surface area contributed by atoms with Gasteiger partial charge in [0.1, 0.15) is 0 Å². The predicted molar refractivity (Wildman–Crippen MR) is 88.7 cm³/mol. The summed E-state index contributed by atoms with van der Waals surface area (Å²) in [6.07, 6.45) is 1.53. The lowest BCUT2D eigenvalue weighted by molar-refractivity contribution is -0.110. The normalized spacial score (nSPS) is 14.9. The Kier molecular flexibility index (Phi) is 4.05. The van der Waals surface area contributed by atoms with Crippen molar-refractivity contribution < 1.29 is 14.3 Å². The minimum atomic E-state index is -0.263. The summed E-state index contributed by atoms with van der Waals surface area (Å²) >= 11 is 0. The molecule has 0 aromatic heterocycles. The van der Waals surface area contributed by atoms with Crippen LogP contribution in [0.2, 0.25) is 0 Å². The van der Waals surface area contributed by atoms with Crippen molar-refractivity contribution in [1.82, 2.24) is 0 Å². The highest BCUT2D eigenvalue weighted by Crippen LogP contribution is 2.29. The summed E-state index contributed by atoms with van der Waals surface area (Å²) in [5.74, 6) is 0.907. The lowest BCUT2D eigenvalue weighted by atomic mass is 10.1. The highest BCUT2D eigenvalue weighted by Gasteiger charge is 2.25. The van der Waals surface area contributed by atoms with Crippen molar-refractivity contribution >= 4 is 23.5 Å². The molecule has 0 atom stereocenters. The van der Waals surface area contributed by atoms with E-state index < -0.39 is 0 Å². The fourth-order valence-electron chi connectivity index (χ4n) is 2.36. The molecule has 1 heterocycles. The summed E-state index contributed by atoms with van der Waals surface area (Å²) in [5, 5.41) is 10.8. The smallest absolute Gasteiger partial charge is 0.276 e. The van der Waals surface area contributed by atoms with Gasteiger partial charge < -0.3 is 14.8 Å². The molecule has 2 aromatic rings. The Morgan fingerprint density at radius 2 is 1.87 bits per heavy atom. The van der Waals surface area contributed by atoms with Crippen molar-refractivity contribution in [3.05, 3.63) is 53.6 Å². The van der Waals surface area contributed by atoms with Crippen molar-refractivity contribution in [2.24, 2.45) is 10.2 Å². The van der Waals surface area contributed by atoms with E-state index in [0.717, 1.165) is 11.3 Å². The third-order valence-corrected chi connectivity index (χ3v) is 3.43.